The van der Waals surface area contributed by atoms with Crippen molar-refractivity contribution in [1.29, 1.82) is 0 Å². The lowest BCUT2D eigenvalue weighted by molar-refractivity contribution is -0.144. The second kappa shape index (κ2) is 5.96. The summed E-state index contributed by atoms with van der Waals surface area (Å²) in [4.78, 5) is 34.9. The Hall–Kier alpha value is -2.02. The van der Waals surface area contributed by atoms with Crippen molar-refractivity contribution < 1.29 is 19.5 Å². The second-order valence-corrected chi connectivity index (χ2v) is 5.47. The molecule has 0 spiro atoms. The fourth-order valence-electron chi connectivity index (χ4n) is 1.82. The first-order valence-corrected chi connectivity index (χ1v) is 7.06. The third kappa shape index (κ3) is 3.11. The normalized spacial score (nSPS) is 15.6. The SMILES string of the molecule is NC(=O)C(SCc1ccc(C(=O)O)cc1)N1CCC1=O. The number of benzene rings is 1. The molecule has 2 amide bonds. The summed E-state index contributed by atoms with van der Waals surface area (Å²) in [6.45, 7) is 0.553. The van der Waals surface area contributed by atoms with Gasteiger partial charge in [0.05, 0.1) is 5.56 Å². The molecule has 3 N–H and O–H groups in total. The van der Waals surface area contributed by atoms with E-state index in [4.69, 9.17) is 10.8 Å². The number of carboxylic acids is 1. The minimum Gasteiger partial charge on any atom is -0.478 e. The summed E-state index contributed by atoms with van der Waals surface area (Å²) in [6, 6.07) is 6.39. The summed E-state index contributed by atoms with van der Waals surface area (Å²) in [7, 11) is 0. The molecule has 1 atom stereocenters. The maximum atomic E-state index is 11.4. The summed E-state index contributed by atoms with van der Waals surface area (Å²) in [5, 5.41) is 8.14. The summed E-state index contributed by atoms with van der Waals surface area (Å²) < 4.78 is 0. The zero-order valence-corrected chi connectivity index (χ0v) is 11.4. The van der Waals surface area contributed by atoms with Crippen LogP contribution in [0.4, 0.5) is 0 Å². The molecule has 0 aromatic heterocycles. The maximum Gasteiger partial charge on any atom is 0.335 e. The predicted molar refractivity (Wildman–Crippen MR) is 74.0 cm³/mol. The van der Waals surface area contributed by atoms with Crippen molar-refractivity contribution in [2.24, 2.45) is 5.73 Å². The van der Waals surface area contributed by atoms with Crippen LogP contribution in [0.15, 0.2) is 24.3 Å². The van der Waals surface area contributed by atoms with E-state index in [0.717, 1.165) is 5.56 Å². The fraction of sp³-hybridized carbons (Fsp3) is 0.308. The number of aromatic carboxylic acids is 1. The van der Waals surface area contributed by atoms with Gasteiger partial charge < -0.3 is 15.7 Å². The number of thioether (sulfide) groups is 1. The molecule has 0 aliphatic carbocycles. The Morgan fingerprint density at radius 2 is 2.00 bits per heavy atom. The van der Waals surface area contributed by atoms with E-state index in [1.54, 1.807) is 12.1 Å². The minimum absolute atomic E-state index is 0.0671. The van der Waals surface area contributed by atoms with E-state index < -0.39 is 17.3 Å². The van der Waals surface area contributed by atoms with Gasteiger partial charge in [-0.25, -0.2) is 4.79 Å². The van der Waals surface area contributed by atoms with Gasteiger partial charge >= 0.3 is 5.97 Å². The predicted octanol–water partition coefficient (Wildman–Crippen LogP) is 0.662. The number of hydrogen-bond donors (Lipinski definition) is 2. The zero-order valence-electron chi connectivity index (χ0n) is 10.6. The van der Waals surface area contributed by atoms with Crippen LogP contribution in [0.5, 0.6) is 0 Å². The van der Waals surface area contributed by atoms with Gasteiger partial charge in [0, 0.05) is 18.7 Å². The van der Waals surface area contributed by atoms with Gasteiger partial charge in [0.15, 0.2) is 5.37 Å². The van der Waals surface area contributed by atoms with E-state index >= 15 is 0 Å². The Balaban J connectivity index is 1.97. The van der Waals surface area contributed by atoms with E-state index in [9.17, 15) is 14.4 Å². The van der Waals surface area contributed by atoms with Gasteiger partial charge in [-0.15, -0.1) is 11.8 Å². The molecule has 0 bridgehead atoms. The van der Waals surface area contributed by atoms with E-state index in [0.29, 0.717) is 18.7 Å². The molecule has 7 heteroatoms. The molecule has 1 unspecified atom stereocenters. The number of likely N-dealkylation sites (tertiary alicyclic amines) is 1. The minimum atomic E-state index is -0.981. The van der Waals surface area contributed by atoms with Crippen LogP contribution in [-0.4, -0.2) is 39.7 Å². The first-order chi connectivity index (χ1) is 9.49. The number of primary amides is 1. The molecular formula is C13H14N2O4S. The molecule has 1 aromatic rings. The number of nitrogens with two attached hydrogens (primary N) is 1. The van der Waals surface area contributed by atoms with Gasteiger partial charge in [-0.3, -0.25) is 9.59 Å². The van der Waals surface area contributed by atoms with Crippen LogP contribution in [-0.2, 0) is 15.3 Å². The Bertz CT molecular complexity index is 544. The van der Waals surface area contributed by atoms with E-state index in [1.165, 1.54) is 28.8 Å². The lowest BCUT2D eigenvalue weighted by Crippen LogP contribution is -2.53. The molecule has 1 aliphatic rings. The quantitative estimate of drug-likeness (QED) is 0.751. The van der Waals surface area contributed by atoms with E-state index in [-0.39, 0.29) is 11.5 Å². The monoisotopic (exact) mass is 294 g/mol. The molecule has 1 aliphatic heterocycles. The number of nitrogens with zero attached hydrogens (tertiary/aromatic N) is 1. The highest BCUT2D eigenvalue weighted by atomic mass is 32.2. The highest BCUT2D eigenvalue weighted by molar-refractivity contribution is 7.99. The van der Waals surface area contributed by atoms with Crippen molar-refractivity contribution in [3.05, 3.63) is 35.4 Å². The maximum absolute atomic E-state index is 11.4. The van der Waals surface area contributed by atoms with Crippen LogP contribution in [0.25, 0.3) is 0 Å². The molecule has 6 nitrogen and oxygen atoms in total. The largest absolute Gasteiger partial charge is 0.478 e. The van der Waals surface area contributed by atoms with Gasteiger partial charge in [-0.05, 0) is 17.7 Å². The highest BCUT2D eigenvalue weighted by Crippen LogP contribution is 2.25. The number of carbonyl (C=O) groups is 3. The van der Waals surface area contributed by atoms with Crippen LogP contribution in [0.3, 0.4) is 0 Å². The molecule has 1 fully saturated rings. The fourth-order valence-corrected chi connectivity index (χ4v) is 2.93. The Labute approximate surface area is 119 Å². The Kier molecular flexibility index (Phi) is 4.29. The number of rotatable bonds is 6. The van der Waals surface area contributed by atoms with Crippen molar-refractivity contribution in [3.8, 4) is 0 Å². The molecule has 0 saturated carbocycles. The third-order valence-electron chi connectivity index (χ3n) is 3.02. The van der Waals surface area contributed by atoms with E-state index in [2.05, 4.69) is 0 Å². The van der Waals surface area contributed by atoms with Gasteiger partial charge in [0.1, 0.15) is 0 Å². The van der Waals surface area contributed by atoms with Gasteiger partial charge in [0.25, 0.3) is 5.91 Å². The Morgan fingerprint density at radius 1 is 1.35 bits per heavy atom. The number of carbonyl (C=O) groups excluding carboxylic acids is 2. The molecule has 1 saturated heterocycles. The van der Waals surface area contributed by atoms with Crippen LogP contribution in [0.1, 0.15) is 22.3 Å². The van der Waals surface area contributed by atoms with Crippen LogP contribution >= 0.6 is 11.8 Å². The highest BCUT2D eigenvalue weighted by Gasteiger charge is 2.34. The molecule has 20 heavy (non-hydrogen) atoms. The number of carboxylic acid groups (broad SMARTS) is 1. The van der Waals surface area contributed by atoms with Crippen molar-refractivity contribution in [2.45, 2.75) is 17.5 Å². The van der Waals surface area contributed by atoms with Crippen LogP contribution in [0.2, 0.25) is 0 Å². The molecular weight excluding hydrogens is 280 g/mol. The summed E-state index contributed by atoms with van der Waals surface area (Å²) in [5.74, 6) is -1.10. The summed E-state index contributed by atoms with van der Waals surface area (Å²) >= 11 is 1.27. The summed E-state index contributed by atoms with van der Waals surface area (Å²) in [6.07, 6.45) is 0.456. The molecule has 2 rings (SSSR count). The summed E-state index contributed by atoms with van der Waals surface area (Å²) in [5.41, 5.74) is 6.39. The van der Waals surface area contributed by atoms with Crippen molar-refractivity contribution in [2.75, 3.05) is 6.54 Å². The van der Waals surface area contributed by atoms with Crippen LogP contribution in [0, 0.1) is 0 Å². The Morgan fingerprint density at radius 3 is 2.40 bits per heavy atom. The smallest absolute Gasteiger partial charge is 0.335 e. The molecule has 106 valence electrons. The topological polar surface area (TPSA) is 101 Å². The van der Waals surface area contributed by atoms with Crippen molar-refractivity contribution in [1.82, 2.24) is 4.90 Å². The first-order valence-electron chi connectivity index (χ1n) is 6.01. The average molecular weight is 294 g/mol. The van der Waals surface area contributed by atoms with Gasteiger partial charge in [0.2, 0.25) is 5.91 Å². The van der Waals surface area contributed by atoms with Gasteiger partial charge in [-0.1, -0.05) is 12.1 Å². The molecule has 1 heterocycles. The number of hydrogen-bond acceptors (Lipinski definition) is 4. The third-order valence-corrected chi connectivity index (χ3v) is 4.32. The molecule has 1 aromatic carbocycles. The zero-order chi connectivity index (χ0) is 14.7. The molecule has 0 radical (unpaired) electrons. The lowest BCUT2D eigenvalue weighted by Gasteiger charge is -2.35. The van der Waals surface area contributed by atoms with Crippen LogP contribution < -0.4 is 5.73 Å². The first kappa shape index (κ1) is 14.4. The van der Waals surface area contributed by atoms with Gasteiger partial charge in [-0.2, -0.15) is 0 Å². The van der Waals surface area contributed by atoms with Crippen molar-refractivity contribution in [3.63, 3.8) is 0 Å². The number of β-lactam (4-membered cyclic amide) rings is 1. The van der Waals surface area contributed by atoms with Crippen molar-refractivity contribution >= 4 is 29.5 Å². The standard InChI is InChI=1S/C13H14N2O4S/c14-11(17)12(15-6-5-10(15)16)20-7-8-1-3-9(4-2-8)13(18)19/h1-4,12H,5-7H2,(H2,14,17)(H,18,19). The number of amides is 2. The second-order valence-electron chi connectivity index (χ2n) is 4.40. The van der Waals surface area contributed by atoms with E-state index in [1.807, 2.05) is 0 Å². The lowest BCUT2D eigenvalue weighted by atomic mass is 10.1. The average Bonchev–Trinajstić information content (AvgIpc) is 2.41.